The van der Waals surface area contributed by atoms with Crippen LogP contribution < -0.4 is 0 Å². The summed E-state index contributed by atoms with van der Waals surface area (Å²) < 4.78 is -0.279. The average Bonchev–Trinajstić information content (AvgIpc) is 2.91. The second-order valence-electron chi connectivity index (χ2n) is 4.50. The number of amides is 1. The summed E-state index contributed by atoms with van der Waals surface area (Å²) in [5, 5.41) is 13.2. The molecule has 0 spiro atoms. The van der Waals surface area contributed by atoms with Crippen molar-refractivity contribution in [2.24, 2.45) is 0 Å². The summed E-state index contributed by atoms with van der Waals surface area (Å²) >= 11 is 3.23. The number of nitrogens with zero attached hydrogens (tertiary/aromatic N) is 2. The highest BCUT2D eigenvalue weighted by Gasteiger charge is 2.35. The van der Waals surface area contributed by atoms with Gasteiger partial charge in [0.1, 0.15) is 4.75 Å². The van der Waals surface area contributed by atoms with Gasteiger partial charge in [-0.25, -0.2) is 0 Å². The van der Waals surface area contributed by atoms with Crippen LogP contribution in [0, 0.1) is 11.3 Å². The molecule has 0 N–H and O–H groups in total. The summed E-state index contributed by atoms with van der Waals surface area (Å²) in [6.07, 6.45) is 4.02. The van der Waals surface area contributed by atoms with E-state index in [2.05, 4.69) is 6.07 Å². The van der Waals surface area contributed by atoms with Gasteiger partial charge in [0, 0.05) is 13.1 Å². The Balaban J connectivity index is 1.90. The van der Waals surface area contributed by atoms with Crippen molar-refractivity contribution in [3.05, 3.63) is 22.4 Å². The van der Waals surface area contributed by atoms with Crippen molar-refractivity contribution in [2.75, 3.05) is 19.3 Å². The molecule has 0 unspecified atom stereocenters. The molecule has 3 nitrogen and oxygen atoms in total. The molecule has 0 radical (unpaired) electrons. The monoisotopic (exact) mass is 280 g/mol. The molecule has 0 aliphatic carbocycles. The molecule has 96 valence electrons. The summed E-state index contributed by atoms with van der Waals surface area (Å²) in [6, 6.07) is 4.39. The number of carbonyl (C=O) groups excluding carboxylic acids is 1. The van der Waals surface area contributed by atoms with E-state index in [4.69, 9.17) is 0 Å². The number of carbonyl (C=O) groups is 1. The fourth-order valence-corrected chi connectivity index (χ4v) is 3.51. The summed E-state index contributed by atoms with van der Waals surface area (Å²) in [7, 11) is 0. The van der Waals surface area contributed by atoms with Gasteiger partial charge in [-0.05, 0) is 41.5 Å². The van der Waals surface area contributed by atoms with Crippen LogP contribution in [0.2, 0.25) is 0 Å². The zero-order valence-electron chi connectivity index (χ0n) is 10.4. The Hall–Kier alpha value is -0.990. The molecule has 1 fully saturated rings. The molecular formula is C13H16N2OS2. The quantitative estimate of drug-likeness (QED) is 0.854. The third-order valence-electron chi connectivity index (χ3n) is 3.45. The highest BCUT2D eigenvalue weighted by molar-refractivity contribution is 8.00. The number of piperidine rings is 1. The van der Waals surface area contributed by atoms with Crippen LogP contribution in [0.25, 0.3) is 0 Å². The summed E-state index contributed by atoms with van der Waals surface area (Å²) in [6.45, 7) is 1.41. The van der Waals surface area contributed by atoms with Crippen LogP contribution in [-0.4, -0.2) is 34.9 Å². The molecule has 5 heteroatoms. The Bertz CT molecular complexity index is 442. The Kier molecular flexibility index (Phi) is 4.31. The minimum Gasteiger partial charge on any atom is -0.342 e. The third kappa shape index (κ3) is 2.88. The first-order valence-electron chi connectivity index (χ1n) is 5.94. The minimum absolute atomic E-state index is 0.182. The summed E-state index contributed by atoms with van der Waals surface area (Å²) in [5.74, 6) is 0.182. The molecular weight excluding hydrogens is 264 g/mol. The number of likely N-dealkylation sites (tertiary alicyclic amines) is 1. The van der Waals surface area contributed by atoms with Gasteiger partial charge in [-0.2, -0.15) is 16.6 Å². The molecule has 1 amide bonds. The van der Waals surface area contributed by atoms with E-state index in [0.29, 0.717) is 19.5 Å². The van der Waals surface area contributed by atoms with E-state index >= 15 is 0 Å². The van der Waals surface area contributed by atoms with E-state index in [1.165, 1.54) is 0 Å². The van der Waals surface area contributed by atoms with Crippen LogP contribution in [-0.2, 0) is 11.2 Å². The van der Waals surface area contributed by atoms with Gasteiger partial charge in [-0.1, -0.05) is 0 Å². The lowest BCUT2D eigenvalue weighted by molar-refractivity contribution is -0.131. The summed E-state index contributed by atoms with van der Waals surface area (Å²) in [5.41, 5.74) is 1.09. The van der Waals surface area contributed by atoms with Crippen molar-refractivity contribution in [1.82, 2.24) is 4.90 Å². The number of thioether (sulfide) groups is 1. The van der Waals surface area contributed by atoms with Gasteiger partial charge in [-0.15, -0.1) is 11.8 Å². The molecule has 18 heavy (non-hydrogen) atoms. The molecule has 0 saturated carbocycles. The number of hydrogen-bond donors (Lipinski definition) is 0. The van der Waals surface area contributed by atoms with Gasteiger partial charge in [0.2, 0.25) is 5.91 Å². The van der Waals surface area contributed by atoms with Crippen molar-refractivity contribution >= 4 is 29.0 Å². The van der Waals surface area contributed by atoms with Crippen LogP contribution in [0.15, 0.2) is 16.8 Å². The van der Waals surface area contributed by atoms with Crippen LogP contribution >= 0.6 is 23.1 Å². The molecule has 2 rings (SSSR count). The van der Waals surface area contributed by atoms with E-state index in [-0.39, 0.29) is 10.7 Å². The first-order valence-corrected chi connectivity index (χ1v) is 8.11. The van der Waals surface area contributed by atoms with Gasteiger partial charge < -0.3 is 4.90 Å². The van der Waals surface area contributed by atoms with E-state index < -0.39 is 0 Å². The fraction of sp³-hybridized carbons (Fsp3) is 0.538. The predicted octanol–water partition coefficient (Wildman–Crippen LogP) is 2.54. The van der Waals surface area contributed by atoms with Gasteiger partial charge in [0.05, 0.1) is 12.5 Å². The van der Waals surface area contributed by atoms with Gasteiger partial charge in [0.15, 0.2) is 0 Å². The molecule has 0 atom stereocenters. The van der Waals surface area contributed by atoms with Gasteiger partial charge >= 0.3 is 0 Å². The zero-order valence-corrected chi connectivity index (χ0v) is 12.0. The normalized spacial score (nSPS) is 18.3. The maximum Gasteiger partial charge on any atom is 0.227 e. The second-order valence-corrected chi connectivity index (χ2v) is 6.47. The SMILES string of the molecule is CSC1(C#N)CCN(C(=O)Cc2ccsc2)CC1. The smallest absolute Gasteiger partial charge is 0.227 e. The Morgan fingerprint density at radius 2 is 2.33 bits per heavy atom. The van der Waals surface area contributed by atoms with Crippen molar-refractivity contribution in [3.8, 4) is 6.07 Å². The van der Waals surface area contributed by atoms with Crippen molar-refractivity contribution in [3.63, 3.8) is 0 Å². The zero-order chi connectivity index (χ0) is 13.0. The van der Waals surface area contributed by atoms with E-state index in [1.54, 1.807) is 23.1 Å². The second kappa shape index (κ2) is 5.77. The van der Waals surface area contributed by atoms with Gasteiger partial charge in [-0.3, -0.25) is 4.79 Å². The Morgan fingerprint density at radius 3 is 2.83 bits per heavy atom. The van der Waals surface area contributed by atoms with Crippen LogP contribution in [0.3, 0.4) is 0 Å². The molecule has 1 aromatic heterocycles. The first-order chi connectivity index (χ1) is 8.69. The minimum atomic E-state index is -0.279. The Morgan fingerprint density at radius 1 is 1.61 bits per heavy atom. The van der Waals surface area contributed by atoms with Crippen molar-refractivity contribution < 1.29 is 4.79 Å². The van der Waals surface area contributed by atoms with Crippen LogP contribution in [0.1, 0.15) is 18.4 Å². The largest absolute Gasteiger partial charge is 0.342 e. The highest BCUT2D eigenvalue weighted by atomic mass is 32.2. The topological polar surface area (TPSA) is 44.1 Å². The molecule has 0 aromatic carbocycles. The first kappa shape index (κ1) is 13.4. The number of thiophene rings is 1. The van der Waals surface area contributed by atoms with E-state index in [9.17, 15) is 10.1 Å². The number of rotatable bonds is 3. The molecule has 1 aliphatic rings. The number of hydrogen-bond acceptors (Lipinski definition) is 4. The summed E-state index contributed by atoms with van der Waals surface area (Å²) in [4.78, 5) is 14.0. The van der Waals surface area contributed by atoms with E-state index in [0.717, 1.165) is 18.4 Å². The predicted molar refractivity (Wildman–Crippen MR) is 75.7 cm³/mol. The molecule has 1 aromatic rings. The van der Waals surface area contributed by atoms with Crippen LogP contribution in [0.5, 0.6) is 0 Å². The highest BCUT2D eigenvalue weighted by Crippen LogP contribution is 2.33. The Labute approximate surface area is 116 Å². The fourth-order valence-electron chi connectivity index (χ4n) is 2.16. The van der Waals surface area contributed by atoms with Gasteiger partial charge in [0.25, 0.3) is 0 Å². The lowest BCUT2D eigenvalue weighted by atomic mass is 9.97. The molecule has 1 saturated heterocycles. The van der Waals surface area contributed by atoms with E-state index in [1.807, 2.05) is 28.0 Å². The average molecular weight is 280 g/mol. The third-order valence-corrected chi connectivity index (χ3v) is 5.47. The lowest BCUT2D eigenvalue weighted by Gasteiger charge is -2.36. The molecule has 0 bridgehead atoms. The number of nitriles is 1. The standard InChI is InChI=1S/C13H16N2OS2/c1-17-13(10-14)3-5-15(6-4-13)12(16)8-11-2-7-18-9-11/h2,7,9H,3-6,8H2,1H3. The maximum absolute atomic E-state index is 12.1. The lowest BCUT2D eigenvalue weighted by Crippen LogP contribution is -2.44. The van der Waals surface area contributed by atoms with Crippen LogP contribution in [0.4, 0.5) is 0 Å². The van der Waals surface area contributed by atoms with Crippen molar-refractivity contribution in [2.45, 2.75) is 24.0 Å². The maximum atomic E-state index is 12.1. The molecule has 1 aliphatic heterocycles. The van der Waals surface area contributed by atoms with Crippen molar-refractivity contribution in [1.29, 1.82) is 5.26 Å². The molecule has 2 heterocycles.